The Morgan fingerprint density at radius 1 is 1.00 bits per heavy atom. The molecule has 0 saturated carbocycles. The van der Waals surface area contributed by atoms with Crippen LogP contribution in [0.15, 0.2) is 88.7 Å². The lowest BCUT2D eigenvalue weighted by Crippen LogP contribution is -2.31. The number of hydrogen-bond acceptors (Lipinski definition) is 4. The van der Waals surface area contributed by atoms with Crippen LogP contribution < -0.4 is 4.90 Å². The predicted molar refractivity (Wildman–Crippen MR) is 101 cm³/mol. The van der Waals surface area contributed by atoms with Gasteiger partial charge in [0.15, 0.2) is 11.5 Å². The first kappa shape index (κ1) is 17.1. The lowest BCUT2D eigenvalue weighted by molar-refractivity contribution is -0.117. The number of aliphatic hydroxyl groups excluding tert-OH is 1. The summed E-state index contributed by atoms with van der Waals surface area (Å²) >= 11 is 6.37. The second-order valence-electron chi connectivity index (χ2n) is 6.00. The summed E-state index contributed by atoms with van der Waals surface area (Å²) in [6.45, 7) is 0. The number of para-hydroxylation sites is 1. The molecule has 0 fully saturated rings. The summed E-state index contributed by atoms with van der Waals surface area (Å²) in [7, 11) is 0. The number of rotatable bonds is 4. The number of anilines is 1. The molecule has 0 unspecified atom stereocenters. The van der Waals surface area contributed by atoms with Gasteiger partial charge in [-0.15, -0.1) is 0 Å². The fraction of sp³-hybridized carbons (Fsp3) is 0.0476. The van der Waals surface area contributed by atoms with Crippen LogP contribution in [0.3, 0.4) is 0 Å². The average Bonchev–Trinajstić information content (AvgIpc) is 3.30. The summed E-state index contributed by atoms with van der Waals surface area (Å²) in [5, 5.41) is 10.9. The topological polar surface area (TPSA) is 70.8 Å². The Labute approximate surface area is 160 Å². The van der Waals surface area contributed by atoms with Gasteiger partial charge in [0.2, 0.25) is 5.78 Å². The van der Waals surface area contributed by atoms with E-state index in [1.165, 1.54) is 17.2 Å². The standard InChI is InChI=1S/C21H14ClNO4/c22-15-10-5-4-9-14(15)18-17(19(24)16-11-6-12-27-16)20(25)21(26)23(18)13-7-2-1-3-8-13/h1-12,18,25H/t18-/m1/s1. The summed E-state index contributed by atoms with van der Waals surface area (Å²) in [5.41, 5.74) is 1.02. The number of aliphatic hydroxyl groups is 1. The van der Waals surface area contributed by atoms with Crippen LogP contribution in [0, 0.1) is 0 Å². The molecule has 27 heavy (non-hydrogen) atoms. The van der Waals surface area contributed by atoms with E-state index in [4.69, 9.17) is 16.0 Å². The number of Topliss-reactive ketones (excluding diaryl/α,β-unsaturated/α-hetero) is 1. The fourth-order valence-corrected chi connectivity index (χ4v) is 3.46. The summed E-state index contributed by atoms with van der Waals surface area (Å²) < 4.78 is 5.19. The van der Waals surface area contributed by atoms with Crippen molar-refractivity contribution in [1.82, 2.24) is 0 Å². The lowest BCUT2D eigenvalue weighted by atomic mass is 9.94. The van der Waals surface area contributed by atoms with E-state index in [0.29, 0.717) is 16.3 Å². The third-order valence-electron chi connectivity index (χ3n) is 4.43. The Balaban J connectivity index is 1.92. The van der Waals surface area contributed by atoms with Gasteiger partial charge in [0.1, 0.15) is 0 Å². The third kappa shape index (κ3) is 2.82. The molecule has 0 saturated heterocycles. The van der Waals surface area contributed by atoms with E-state index < -0.39 is 23.5 Å². The first-order valence-electron chi connectivity index (χ1n) is 8.24. The molecule has 0 aliphatic carbocycles. The minimum absolute atomic E-state index is 0.0383. The molecule has 4 rings (SSSR count). The van der Waals surface area contributed by atoms with E-state index >= 15 is 0 Å². The fourth-order valence-electron chi connectivity index (χ4n) is 3.22. The molecular formula is C21H14ClNO4. The predicted octanol–water partition coefficient (Wildman–Crippen LogP) is 4.72. The Bertz CT molecular complexity index is 1040. The van der Waals surface area contributed by atoms with Crippen molar-refractivity contribution < 1.29 is 19.1 Å². The Hall–Kier alpha value is -3.31. The maximum Gasteiger partial charge on any atom is 0.294 e. The van der Waals surface area contributed by atoms with Gasteiger partial charge in [0.05, 0.1) is 17.9 Å². The normalized spacial score (nSPS) is 16.9. The molecule has 1 atom stereocenters. The summed E-state index contributed by atoms with van der Waals surface area (Å²) in [6, 6.07) is 17.9. The quantitative estimate of drug-likeness (QED) is 0.666. The number of amides is 1. The van der Waals surface area contributed by atoms with E-state index in [2.05, 4.69) is 0 Å². The molecule has 6 heteroatoms. The molecule has 2 aromatic carbocycles. The van der Waals surface area contributed by atoms with Crippen LogP contribution in [0.1, 0.15) is 22.2 Å². The zero-order valence-electron chi connectivity index (χ0n) is 14.0. The second-order valence-corrected chi connectivity index (χ2v) is 6.41. The van der Waals surface area contributed by atoms with E-state index in [1.54, 1.807) is 54.6 Å². The smallest absolute Gasteiger partial charge is 0.294 e. The summed E-state index contributed by atoms with van der Waals surface area (Å²) in [4.78, 5) is 27.2. The molecule has 2 heterocycles. The monoisotopic (exact) mass is 379 g/mol. The van der Waals surface area contributed by atoms with E-state index in [9.17, 15) is 14.7 Å². The van der Waals surface area contributed by atoms with Crippen LogP contribution in [0.2, 0.25) is 5.02 Å². The van der Waals surface area contributed by atoms with Gasteiger partial charge >= 0.3 is 0 Å². The number of benzene rings is 2. The number of carbonyl (C=O) groups is 2. The van der Waals surface area contributed by atoms with Crippen molar-refractivity contribution in [3.05, 3.63) is 101 Å². The highest BCUT2D eigenvalue weighted by molar-refractivity contribution is 6.32. The first-order chi connectivity index (χ1) is 13.1. The van der Waals surface area contributed by atoms with E-state index in [0.717, 1.165) is 0 Å². The number of carbonyl (C=O) groups excluding carboxylic acids is 2. The van der Waals surface area contributed by atoms with Crippen LogP contribution in [-0.4, -0.2) is 16.8 Å². The van der Waals surface area contributed by atoms with Crippen molar-refractivity contribution in [3.8, 4) is 0 Å². The van der Waals surface area contributed by atoms with Crippen LogP contribution >= 0.6 is 11.6 Å². The van der Waals surface area contributed by atoms with Crippen molar-refractivity contribution in [3.63, 3.8) is 0 Å². The van der Waals surface area contributed by atoms with Crippen molar-refractivity contribution in [1.29, 1.82) is 0 Å². The van der Waals surface area contributed by atoms with Gasteiger partial charge in [-0.05, 0) is 35.9 Å². The van der Waals surface area contributed by atoms with Crippen LogP contribution in [-0.2, 0) is 4.79 Å². The number of ketones is 1. The molecule has 0 spiro atoms. The highest BCUT2D eigenvalue weighted by atomic mass is 35.5. The molecule has 1 amide bonds. The van der Waals surface area contributed by atoms with E-state index in [1.807, 2.05) is 6.07 Å². The van der Waals surface area contributed by atoms with Crippen molar-refractivity contribution >= 4 is 29.0 Å². The average molecular weight is 380 g/mol. The van der Waals surface area contributed by atoms with E-state index in [-0.39, 0.29) is 11.3 Å². The highest BCUT2D eigenvalue weighted by Crippen LogP contribution is 2.43. The van der Waals surface area contributed by atoms with Gasteiger partial charge in [0.25, 0.3) is 5.91 Å². The number of halogens is 1. The maximum absolute atomic E-state index is 13.0. The zero-order valence-corrected chi connectivity index (χ0v) is 14.8. The first-order valence-corrected chi connectivity index (χ1v) is 8.61. The molecule has 1 aliphatic heterocycles. The largest absolute Gasteiger partial charge is 0.503 e. The molecule has 5 nitrogen and oxygen atoms in total. The van der Waals surface area contributed by atoms with Gasteiger partial charge in [-0.3, -0.25) is 14.5 Å². The Kier molecular flexibility index (Phi) is 4.30. The van der Waals surface area contributed by atoms with Gasteiger partial charge in [0, 0.05) is 10.7 Å². The van der Waals surface area contributed by atoms with Crippen molar-refractivity contribution in [2.75, 3.05) is 4.90 Å². The number of hydrogen-bond donors (Lipinski definition) is 1. The number of nitrogens with zero attached hydrogens (tertiary/aromatic N) is 1. The minimum atomic E-state index is -0.869. The molecule has 0 radical (unpaired) electrons. The maximum atomic E-state index is 13.0. The zero-order chi connectivity index (χ0) is 19.0. The van der Waals surface area contributed by atoms with Crippen molar-refractivity contribution in [2.24, 2.45) is 0 Å². The van der Waals surface area contributed by atoms with Crippen LogP contribution in [0.25, 0.3) is 0 Å². The molecule has 1 N–H and O–H groups in total. The third-order valence-corrected chi connectivity index (χ3v) is 4.78. The summed E-state index contributed by atoms with van der Waals surface area (Å²) in [6.07, 6.45) is 1.36. The molecule has 1 aliphatic rings. The van der Waals surface area contributed by atoms with Gasteiger partial charge < -0.3 is 9.52 Å². The Morgan fingerprint density at radius 2 is 1.70 bits per heavy atom. The van der Waals surface area contributed by atoms with Gasteiger partial charge in [-0.25, -0.2) is 0 Å². The Morgan fingerprint density at radius 3 is 2.37 bits per heavy atom. The molecule has 3 aromatic rings. The minimum Gasteiger partial charge on any atom is -0.503 e. The SMILES string of the molecule is O=C(C1=C(O)C(=O)N(c2ccccc2)[C@@H]1c1ccccc1Cl)c1ccco1. The highest BCUT2D eigenvalue weighted by Gasteiger charge is 2.45. The molecule has 134 valence electrons. The van der Waals surface area contributed by atoms with Crippen LogP contribution in [0.5, 0.6) is 0 Å². The van der Waals surface area contributed by atoms with Gasteiger partial charge in [-0.1, -0.05) is 48.0 Å². The second kappa shape index (κ2) is 6.78. The molecule has 1 aromatic heterocycles. The van der Waals surface area contributed by atoms with Crippen LogP contribution in [0.4, 0.5) is 5.69 Å². The number of furan rings is 1. The molecule has 0 bridgehead atoms. The van der Waals surface area contributed by atoms with Crippen molar-refractivity contribution in [2.45, 2.75) is 6.04 Å². The lowest BCUT2D eigenvalue weighted by Gasteiger charge is -2.27. The summed E-state index contributed by atoms with van der Waals surface area (Å²) in [5.74, 6) is -1.79. The van der Waals surface area contributed by atoms with Gasteiger partial charge in [-0.2, -0.15) is 0 Å². The molecular weight excluding hydrogens is 366 g/mol.